The number of aromatic hydroxyl groups is 2. The lowest BCUT2D eigenvalue weighted by Crippen LogP contribution is -2.58. The van der Waals surface area contributed by atoms with Crippen LogP contribution in [0.25, 0.3) is 0 Å². The summed E-state index contributed by atoms with van der Waals surface area (Å²) >= 11 is 0. The molecule has 42 heavy (non-hydrogen) atoms. The second-order valence-electron chi connectivity index (χ2n) is 9.50. The number of hydrogen-bond acceptors (Lipinski definition) is 9. The number of guanidine groups is 1. The number of aliphatic hydroxyl groups is 1. The lowest BCUT2D eigenvalue weighted by atomic mass is 10.0. The topological polar surface area (TPSA) is 276 Å². The van der Waals surface area contributed by atoms with Crippen LogP contribution >= 0.6 is 0 Å². The Kier molecular flexibility index (Phi) is 13.0. The van der Waals surface area contributed by atoms with Gasteiger partial charge in [-0.05, 0) is 48.2 Å². The van der Waals surface area contributed by atoms with Crippen LogP contribution in [0.3, 0.4) is 0 Å². The molecule has 0 heterocycles. The highest BCUT2D eigenvalue weighted by molar-refractivity contribution is 5.94. The van der Waals surface area contributed by atoms with Crippen LogP contribution in [-0.2, 0) is 32.0 Å². The molecule has 2 aromatic carbocycles. The van der Waals surface area contributed by atoms with Crippen molar-refractivity contribution in [1.82, 2.24) is 16.0 Å². The summed E-state index contributed by atoms with van der Waals surface area (Å²) in [7, 11) is 0. The van der Waals surface area contributed by atoms with Crippen molar-refractivity contribution in [2.75, 3.05) is 13.2 Å². The van der Waals surface area contributed by atoms with Crippen LogP contribution in [0, 0.1) is 0 Å². The van der Waals surface area contributed by atoms with Gasteiger partial charge in [0.2, 0.25) is 17.7 Å². The van der Waals surface area contributed by atoms with Gasteiger partial charge < -0.3 is 53.6 Å². The number of nitrogens with zero attached hydrogens (tertiary/aromatic N) is 1. The Morgan fingerprint density at radius 2 is 1.19 bits per heavy atom. The van der Waals surface area contributed by atoms with Crippen LogP contribution < -0.4 is 33.2 Å². The number of aliphatic carboxylic acids is 1. The Morgan fingerprint density at radius 3 is 1.67 bits per heavy atom. The Morgan fingerprint density at radius 1 is 0.738 bits per heavy atom. The Labute approximate surface area is 241 Å². The molecule has 0 aliphatic heterocycles. The standard InChI is InChI=1S/C27H37N7O8/c28-19(2-1-11-31-27(29)30)23(38)34-22(14-35)25(40)32-20(12-15-3-7-17(36)8-4-15)24(39)33-21(26(41)42)13-16-5-9-18(37)10-6-16/h3-10,19-22,35-37H,1-2,11-14,28H2,(H,32,40)(H,33,39)(H,34,38)(H,41,42)(H4,29,30,31). The second-order valence-corrected chi connectivity index (χ2v) is 9.50. The molecule has 13 N–H and O–H groups in total. The zero-order valence-electron chi connectivity index (χ0n) is 22.8. The van der Waals surface area contributed by atoms with E-state index in [1.165, 1.54) is 48.5 Å². The normalized spacial score (nSPS) is 13.6. The number of carbonyl (C=O) groups excluding carboxylic acids is 3. The summed E-state index contributed by atoms with van der Waals surface area (Å²) in [6, 6.07) is 6.34. The lowest BCUT2D eigenvalue weighted by molar-refractivity contribution is -0.142. The van der Waals surface area contributed by atoms with Crippen molar-refractivity contribution < 1.29 is 39.6 Å². The molecule has 228 valence electrons. The van der Waals surface area contributed by atoms with Crippen LogP contribution in [0.1, 0.15) is 24.0 Å². The van der Waals surface area contributed by atoms with Crippen LogP contribution in [0.2, 0.25) is 0 Å². The van der Waals surface area contributed by atoms with E-state index in [1.54, 1.807) is 0 Å². The number of amides is 3. The SMILES string of the molecule is NC(N)=NCCCC(N)C(=O)NC(CO)C(=O)NC(Cc1ccc(O)cc1)C(=O)NC(Cc1ccc(O)cc1)C(=O)O. The van der Waals surface area contributed by atoms with Crippen molar-refractivity contribution in [3.8, 4) is 11.5 Å². The van der Waals surface area contributed by atoms with Gasteiger partial charge in [-0.15, -0.1) is 0 Å². The van der Waals surface area contributed by atoms with Crippen molar-refractivity contribution in [3.63, 3.8) is 0 Å². The monoisotopic (exact) mass is 587 g/mol. The molecule has 0 saturated heterocycles. The van der Waals surface area contributed by atoms with Gasteiger partial charge in [-0.2, -0.15) is 0 Å². The number of hydrogen-bond donors (Lipinski definition) is 10. The third-order valence-corrected chi connectivity index (χ3v) is 6.12. The molecule has 4 atom stereocenters. The summed E-state index contributed by atoms with van der Waals surface area (Å²) < 4.78 is 0. The summed E-state index contributed by atoms with van der Waals surface area (Å²) in [5, 5.41) is 45.8. The van der Waals surface area contributed by atoms with E-state index in [2.05, 4.69) is 20.9 Å². The predicted molar refractivity (Wildman–Crippen MR) is 152 cm³/mol. The van der Waals surface area contributed by atoms with Crippen LogP contribution in [0.15, 0.2) is 53.5 Å². The summed E-state index contributed by atoms with van der Waals surface area (Å²) in [5.74, 6) is -3.96. The van der Waals surface area contributed by atoms with E-state index >= 15 is 0 Å². The van der Waals surface area contributed by atoms with Crippen LogP contribution in [0.4, 0.5) is 0 Å². The fourth-order valence-electron chi connectivity index (χ4n) is 3.81. The fourth-order valence-corrected chi connectivity index (χ4v) is 3.81. The summed E-state index contributed by atoms with van der Waals surface area (Å²) in [6.45, 7) is -0.574. The van der Waals surface area contributed by atoms with E-state index in [9.17, 15) is 39.6 Å². The smallest absolute Gasteiger partial charge is 0.326 e. The third-order valence-electron chi connectivity index (χ3n) is 6.12. The van der Waals surface area contributed by atoms with E-state index < -0.39 is 54.5 Å². The van der Waals surface area contributed by atoms with Crippen molar-refractivity contribution in [3.05, 3.63) is 59.7 Å². The molecule has 3 amide bonds. The van der Waals surface area contributed by atoms with Crippen molar-refractivity contribution in [2.24, 2.45) is 22.2 Å². The van der Waals surface area contributed by atoms with Gasteiger partial charge in [0.05, 0.1) is 12.6 Å². The highest BCUT2D eigenvalue weighted by atomic mass is 16.4. The van der Waals surface area contributed by atoms with Crippen molar-refractivity contribution in [2.45, 2.75) is 49.9 Å². The molecule has 0 saturated carbocycles. The van der Waals surface area contributed by atoms with E-state index in [1.807, 2.05) is 0 Å². The van der Waals surface area contributed by atoms with E-state index in [4.69, 9.17) is 17.2 Å². The molecule has 0 aliphatic rings. The van der Waals surface area contributed by atoms with Gasteiger partial charge in [0.15, 0.2) is 5.96 Å². The van der Waals surface area contributed by atoms with Gasteiger partial charge >= 0.3 is 5.97 Å². The molecule has 0 aliphatic carbocycles. The Balaban J connectivity index is 2.15. The van der Waals surface area contributed by atoms with Gasteiger partial charge in [-0.1, -0.05) is 24.3 Å². The minimum Gasteiger partial charge on any atom is -0.508 e. The van der Waals surface area contributed by atoms with Crippen molar-refractivity contribution >= 4 is 29.7 Å². The number of nitrogens with two attached hydrogens (primary N) is 3. The third kappa shape index (κ3) is 11.3. The number of aliphatic hydroxyl groups excluding tert-OH is 1. The summed E-state index contributed by atoms with van der Waals surface area (Å²) in [6.07, 6.45) is 0.343. The highest BCUT2D eigenvalue weighted by Crippen LogP contribution is 2.14. The van der Waals surface area contributed by atoms with Gasteiger partial charge in [0.25, 0.3) is 0 Å². The van der Waals surface area contributed by atoms with Gasteiger partial charge in [0.1, 0.15) is 29.6 Å². The second kappa shape index (κ2) is 16.4. The molecular formula is C27H37N7O8. The van der Waals surface area contributed by atoms with Gasteiger partial charge in [-0.25, -0.2) is 4.79 Å². The highest BCUT2D eigenvalue weighted by Gasteiger charge is 2.30. The summed E-state index contributed by atoms with van der Waals surface area (Å²) in [5.41, 5.74) is 17.4. The molecule has 0 fully saturated rings. The number of carboxylic acid groups (broad SMARTS) is 1. The van der Waals surface area contributed by atoms with E-state index in [0.29, 0.717) is 17.5 Å². The largest absolute Gasteiger partial charge is 0.508 e. The minimum atomic E-state index is -1.47. The number of carboxylic acids is 1. The first-order chi connectivity index (χ1) is 19.9. The number of phenolic OH excluding ortho intramolecular Hbond substituents is 2. The number of rotatable bonds is 16. The maximum absolute atomic E-state index is 13.3. The molecule has 4 unspecified atom stereocenters. The first-order valence-corrected chi connectivity index (χ1v) is 13.0. The average Bonchev–Trinajstić information content (AvgIpc) is 2.94. The molecular weight excluding hydrogens is 550 g/mol. The number of benzene rings is 2. The molecule has 0 aromatic heterocycles. The number of carbonyl (C=O) groups is 4. The van der Waals surface area contributed by atoms with Crippen LogP contribution in [-0.4, -0.2) is 87.4 Å². The number of phenols is 2. The predicted octanol–water partition coefficient (Wildman–Crippen LogP) is -2.20. The minimum absolute atomic E-state index is 0.0104. The molecule has 0 spiro atoms. The van der Waals surface area contributed by atoms with E-state index in [-0.39, 0.29) is 43.3 Å². The Bertz CT molecular complexity index is 1230. The molecule has 0 radical (unpaired) electrons. The molecule has 15 nitrogen and oxygen atoms in total. The zero-order valence-corrected chi connectivity index (χ0v) is 22.8. The van der Waals surface area contributed by atoms with Crippen molar-refractivity contribution in [1.29, 1.82) is 0 Å². The fraction of sp³-hybridized carbons (Fsp3) is 0.370. The number of aliphatic imine (C=N–C) groups is 1. The first-order valence-electron chi connectivity index (χ1n) is 13.0. The van der Waals surface area contributed by atoms with E-state index in [0.717, 1.165) is 0 Å². The Hall–Kier alpha value is -4.89. The first kappa shape index (κ1) is 33.3. The molecule has 2 rings (SSSR count). The lowest BCUT2D eigenvalue weighted by Gasteiger charge is -2.24. The zero-order chi connectivity index (χ0) is 31.2. The molecule has 2 aromatic rings. The molecule has 15 heteroatoms. The van der Waals surface area contributed by atoms with Gasteiger partial charge in [0, 0.05) is 19.4 Å². The maximum atomic E-state index is 13.3. The van der Waals surface area contributed by atoms with Crippen LogP contribution in [0.5, 0.6) is 11.5 Å². The van der Waals surface area contributed by atoms with Gasteiger partial charge in [-0.3, -0.25) is 19.4 Å². The summed E-state index contributed by atoms with van der Waals surface area (Å²) in [4.78, 5) is 54.5. The quantitative estimate of drug-likeness (QED) is 0.0571. The molecule has 0 bridgehead atoms. The average molecular weight is 588 g/mol. The number of nitrogens with one attached hydrogen (secondary N) is 3. The maximum Gasteiger partial charge on any atom is 0.326 e.